The van der Waals surface area contributed by atoms with Gasteiger partial charge in [0.05, 0.1) is 0 Å². The topological polar surface area (TPSA) is 55.1 Å². The second-order valence-electron chi connectivity index (χ2n) is 4.15. The Morgan fingerprint density at radius 1 is 1.38 bits per heavy atom. The lowest BCUT2D eigenvalue weighted by molar-refractivity contribution is -0.122. The number of benzene rings is 1. The fourth-order valence-corrected chi connectivity index (χ4v) is 1.34. The van der Waals surface area contributed by atoms with E-state index >= 15 is 0 Å². The van der Waals surface area contributed by atoms with Crippen LogP contribution in [-0.2, 0) is 4.79 Å². The summed E-state index contributed by atoms with van der Waals surface area (Å²) in [5.41, 5.74) is 6.71. The largest absolute Gasteiger partial charge is 0.354 e. The molecule has 0 fully saturated rings. The highest BCUT2D eigenvalue weighted by Crippen LogP contribution is 2.09. The predicted octanol–water partition coefficient (Wildman–Crippen LogP) is 1.85. The van der Waals surface area contributed by atoms with Crippen molar-refractivity contribution in [2.45, 2.75) is 26.3 Å². The van der Waals surface area contributed by atoms with Crippen LogP contribution in [0, 0.1) is 5.92 Å². The average Bonchev–Trinajstić information content (AvgIpc) is 2.35. The summed E-state index contributed by atoms with van der Waals surface area (Å²) in [7, 11) is 0. The molecule has 0 saturated carbocycles. The first kappa shape index (κ1) is 12.7. The van der Waals surface area contributed by atoms with Crippen LogP contribution in [0.2, 0.25) is 0 Å². The number of hydrogen-bond acceptors (Lipinski definition) is 2. The van der Waals surface area contributed by atoms with Gasteiger partial charge < -0.3 is 11.1 Å². The molecule has 1 amide bonds. The zero-order valence-electron chi connectivity index (χ0n) is 9.94. The van der Waals surface area contributed by atoms with Crippen LogP contribution in [-0.4, -0.2) is 12.5 Å². The molecule has 0 aromatic heterocycles. The summed E-state index contributed by atoms with van der Waals surface area (Å²) in [5, 5.41) is 2.87. The van der Waals surface area contributed by atoms with Crippen molar-refractivity contribution in [2.75, 3.05) is 6.54 Å². The van der Waals surface area contributed by atoms with Crippen LogP contribution in [0.3, 0.4) is 0 Å². The van der Waals surface area contributed by atoms with E-state index in [1.54, 1.807) is 0 Å². The van der Waals surface area contributed by atoms with E-state index in [4.69, 9.17) is 5.73 Å². The first-order valence-electron chi connectivity index (χ1n) is 5.73. The molecule has 88 valence electrons. The van der Waals surface area contributed by atoms with Crippen LogP contribution in [0.5, 0.6) is 0 Å². The van der Waals surface area contributed by atoms with Crippen molar-refractivity contribution in [1.29, 1.82) is 0 Å². The molecule has 1 unspecified atom stereocenters. The summed E-state index contributed by atoms with van der Waals surface area (Å²) in [6.07, 6.45) is 1.06. The average molecular weight is 220 g/mol. The molecule has 1 aromatic rings. The van der Waals surface area contributed by atoms with Gasteiger partial charge in [0.2, 0.25) is 5.91 Å². The fourth-order valence-electron chi connectivity index (χ4n) is 1.34. The number of carbonyl (C=O) groups excluding carboxylic acids is 1. The van der Waals surface area contributed by atoms with Gasteiger partial charge in [-0.1, -0.05) is 50.6 Å². The quantitative estimate of drug-likeness (QED) is 0.795. The van der Waals surface area contributed by atoms with Gasteiger partial charge in [0.15, 0.2) is 0 Å². The molecule has 1 aromatic carbocycles. The van der Waals surface area contributed by atoms with Gasteiger partial charge >= 0.3 is 0 Å². The molecule has 0 saturated heterocycles. The SMILES string of the molecule is CCC(C)CNC(=O)[C@@H](N)c1ccccc1. The number of nitrogens with two attached hydrogens (primary N) is 1. The van der Waals surface area contributed by atoms with Crippen molar-refractivity contribution in [2.24, 2.45) is 11.7 Å². The highest BCUT2D eigenvalue weighted by atomic mass is 16.2. The summed E-state index contributed by atoms with van der Waals surface area (Å²) < 4.78 is 0. The maximum absolute atomic E-state index is 11.7. The van der Waals surface area contributed by atoms with E-state index < -0.39 is 6.04 Å². The van der Waals surface area contributed by atoms with Gasteiger partial charge in [-0.2, -0.15) is 0 Å². The minimum absolute atomic E-state index is 0.105. The van der Waals surface area contributed by atoms with Gasteiger partial charge in [-0.25, -0.2) is 0 Å². The lowest BCUT2D eigenvalue weighted by Gasteiger charge is -2.14. The monoisotopic (exact) mass is 220 g/mol. The van der Waals surface area contributed by atoms with Crippen molar-refractivity contribution in [3.05, 3.63) is 35.9 Å². The molecular formula is C13H20N2O. The van der Waals surface area contributed by atoms with Gasteiger partial charge in [-0.05, 0) is 11.5 Å². The van der Waals surface area contributed by atoms with Gasteiger partial charge in [0.25, 0.3) is 0 Å². The normalized spacial score (nSPS) is 14.2. The molecule has 3 heteroatoms. The number of amides is 1. The van der Waals surface area contributed by atoms with Crippen molar-refractivity contribution in [1.82, 2.24) is 5.32 Å². The zero-order chi connectivity index (χ0) is 12.0. The third-order valence-electron chi connectivity index (χ3n) is 2.76. The summed E-state index contributed by atoms with van der Waals surface area (Å²) >= 11 is 0. The molecule has 0 aliphatic rings. The molecule has 1 rings (SSSR count). The highest BCUT2D eigenvalue weighted by Gasteiger charge is 2.15. The Morgan fingerprint density at radius 2 is 2.00 bits per heavy atom. The Hall–Kier alpha value is -1.35. The molecule has 0 heterocycles. The maximum atomic E-state index is 11.7. The first-order valence-corrected chi connectivity index (χ1v) is 5.73. The smallest absolute Gasteiger partial charge is 0.241 e. The third kappa shape index (κ3) is 3.66. The molecule has 3 nitrogen and oxygen atoms in total. The Labute approximate surface area is 97.0 Å². The molecule has 0 bridgehead atoms. The van der Waals surface area contributed by atoms with Crippen LogP contribution < -0.4 is 11.1 Å². The first-order chi connectivity index (χ1) is 7.65. The Balaban J connectivity index is 2.49. The molecule has 0 spiro atoms. The van der Waals surface area contributed by atoms with E-state index in [9.17, 15) is 4.79 Å². The van der Waals surface area contributed by atoms with Gasteiger partial charge in [0.1, 0.15) is 6.04 Å². The minimum atomic E-state index is -0.565. The standard InChI is InChI=1S/C13H20N2O/c1-3-10(2)9-15-13(16)12(14)11-7-5-4-6-8-11/h4-8,10,12H,3,9,14H2,1-2H3,(H,15,16)/t10?,12-/m0/s1. The number of rotatable bonds is 5. The van der Waals surface area contributed by atoms with Crippen molar-refractivity contribution >= 4 is 5.91 Å². The molecular weight excluding hydrogens is 200 g/mol. The predicted molar refractivity (Wildman–Crippen MR) is 65.8 cm³/mol. The van der Waals surface area contributed by atoms with Crippen LogP contribution >= 0.6 is 0 Å². The Morgan fingerprint density at radius 3 is 2.56 bits per heavy atom. The van der Waals surface area contributed by atoms with Crippen LogP contribution in [0.25, 0.3) is 0 Å². The summed E-state index contributed by atoms with van der Waals surface area (Å²) in [4.78, 5) is 11.7. The second kappa shape index (κ2) is 6.28. The van der Waals surface area contributed by atoms with Gasteiger partial charge in [0, 0.05) is 6.54 Å². The van der Waals surface area contributed by atoms with Gasteiger partial charge in [-0.3, -0.25) is 4.79 Å². The van der Waals surface area contributed by atoms with Gasteiger partial charge in [-0.15, -0.1) is 0 Å². The summed E-state index contributed by atoms with van der Waals surface area (Å²) in [6.45, 7) is 4.90. The highest BCUT2D eigenvalue weighted by molar-refractivity contribution is 5.82. The van der Waals surface area contributed by atoms with Crippen LogP contribution in [0.1, 0.15) is 31.9 Å². The van der Waals surface area contributed by atoms with Crippen LogP contribution in [0.15, 0.2) is 30.3 Å². The van der Waals surface area contributed by atoms with Crippen molar-refractivity contribution in [3.63, 3.8) is 0 Å². The van der Waals surface area contributed by atoms with Crippen molar-refractivity contribution < 1.29 is 4.79 Å². The minimum Gasteiger partial charge on any atom is -0.354 e. The summed E-state index contributed by atoms with van der Waals surface area (Å²) in [6, 6.07) is 8.85. The Kier molecular flexibility index (Phi) is 4.99. The summed E-state index contributed by atoms with van der Waals surface area (Å²) in [5.74, 6) is 0.387. The molecule has 2 atom stereocenters. The molecule has 0 aliphatic heterocycles. The molecule has 0 aliphatic carbocycles. The number of hydrogen-bond donors (Lipinski definition) is 2. The molecule has 0 radical (unpaired) electrons. The van der Waals surface area contributed by atoms with Crippen molar-refractivity contribution in [3.8, 4) is 0 Å². The lowest BCUT2D eigenvalue weighted by atomic mass is 10.1. The number of nitrogens with one attached hydrogen (secondary N) is 1. The van der Waals surface area contributed by atoms with Crippen LogP contribution in [0.4, 0.5) is 0 Å². The lowest BCUT2D eigenvalue weighted by Crippen LogP contribution is -2.36. The van der Waals surface area contributed by atoms with E-state index in [2.05, 4.69) is 19.2 Å². The van der Waals surface area contributed by atoms with E-state index in [0.717, 1.165) is 12.0 Å². The maximum Gasteiger partial charge on any atom is 0.241 e. The second-order valence-corrected chi connectivity index (χ2v) is 4.15. The number of carbonyl (C=O) groups is 1. The zero-order valence-corrected chi connectivity index (χ0v) is 9.94. The van der Waals surface area contributed by atoms with E-state index in [0.29, 0.717) is 12.5 Å². The fraction of sp³-hybridized carbons (Fsp3) is 0.462. The van der Waals surface area contributed by atoms with E-state index in [1.165, 1.54) is 0 Å². The van der Waals surface area contributed by atoms with E-state index in [-0.39, 0.29) is 5.91 Å². The molecule has 16 heavy (non-hydrogen) atoms. The van der Waals surface area contributed by atoms with E-state index in [1.807, 2.05) is 30.3 Å². The third-order valence-corrected chi connectivity index (χ3v) is 2.76. The molecule has 3 N–H and O–H groups in total. The Bertz CT molecular complexity index is 324.